The molecule has 12 heteroatoms. The normalized spacial score (nSPS) is 18.1. The van der Waals surface area contributed by atoms with Crippen LogP contribution >= 0.6 is 46.3 Å². The van der Waals surface area contributed by atoms with Crippen molar-refractivity contribution in [2.24, 2.45) is 0 Å². The van der Waals surface area contributed by atoms with Gasteiger partial charge in [0.15, 0.2) is 6.10 Å². The average Bonchev–Trinajstić information content (AvgIpc) is 3.50. The van der Waals surface area contributed by atoms with Gasteiger partial charge in [0.25, 0.3) is 5.91 Å². The monoisotopic (exact) mass is 630 g/mol. The largest absolute Gasteiger partial charge is 0.459 e. The van der Waals surface area contributed by atoms with Gasteiger partial charge in [-0.2, -0.15) is 0 Å². The molecule has 0 bridgehead atoms. The Morgan fingerprint density at radius 3 is 2.22 bits per heavy atom. The topological polar surface area (TPSA) is 102 Å². The lowest BCUT2D eigenvalue weighted by Gasteiger charge is -2.49. The van der Waals surface area contributed by atoms with E-state index >= 15 is 0 Å². The predicted molar refractivity (Wildman–Crippen MR) is 157 cm³/mol. The van der Waals surface area contributed by atoms with E-state index in [0.29, 0.717) is 5.57 Å². The maximum Gasteiger partial charge on any atom is 0.356 e. The number of ether oxygens (including phenoxy) is 2. The van der Waals surface area contributed by atoms with E-state index in [9.17, 15) is 19.2 Å². The third kappa shape index (κ3) is 6.62. The highest BCUT2D eigenvalue weighted by atomic mass is 35.5. The Morgan fingerprint density at radius 1 is 0.976 bits per heavy atom. The minimum Gasteiger partial charge on any atom is -0.459 e. The van der Waals surface area contributed by atoms with Crippen LogP contribution in [-0.2, 0) is 35.1 Å². The van der Waals surface area contributed by atoms with E-state index in [4.69, 9.17) is 32.7 Å². The number of carbonyl (C=O) groups excluding carboxylic acids is 4. The molecule has 0 radical (unpaired) electrons. The third-order valence-electron chi connectivity index (χ3n) is 6.47. The SMILES string of the molecule is O=C(Cc1cccs1)N[C@@H]1C(=O)N2C(C(=O)OC(c3ccccc3)c3ccccc3)=C(COC(=O)C(Cl)Cl)CS[C@H]12. The molecule has 1 fully saturated rings. The number of halogens is 2. The van der Waals surface area contributed by atoms with Gasteiger partial charge in [-0.15, -0.1) is 23.1 Å². The number of rotatable bonds is 10. The molecule has 1 saturated heterocycles. The molecule has 5 rings (SSSR count). The number of nitrogens with zero attached hydrogens (tertiary/aromatic N) is 1. The van der Waals surface area contributed by atoms with Gasteiger partial charge in [-0.25, -0.2) is 9.59 Å². The van der Waals surface area contributed by atoms with Crippen LogP contribution in [-0.4, -0.2) is 57.3 Å². The van der Waals surface area contributed by atoms with Crippen molar-refractivity contribution in [1.29, 1.82) is 0 Å². The van der Waals surface area contributed by atoms with E-state index in [1.54, 1.807) is 0 Å². The van der Waals surface area contributed by atoms with Crippen LogP contribution in [0.5, 0.6) is 0 Å². The van der Waals surface area contributed by atoms with Crippen LogP contribution in [0.1, 0.15) is 22.1 Å². The van der Waals surface area contributed by atoms with E-state index in [1.807, 2.05) is 78.2 Å². The minimum atomic E-state index is -1.40. The summed E-state index contributed by atoms with van der Waals surface area (Å²) in [5.41, 5.74) is 1.83. The van der Waals surface area contributed by atoms with Crippen molar-refractivity contribution in [2.75, 3.05) is 12.4 Å². The first-order valence-corrected chi connectivity index (χ1v) is 15.4. The van der Waals surface area contributed by atoms with Gasteiger partial charge in [-0.05, 0) is 22.6 Å². The Hall–Kier alpha value is -3.31. The molecule has 1 aromatic heterocycles. The number of β-lactam (4-membered cyclic amide) rings is 1. The summed E-state index contributed by atoms with van der Waals surface area (Å²) in [4.78, 5) is 52.6. The molecule has 41 heavy (non-hydrogen) atoms. The van der Waals surface area contributed by atoms with Crippen molar-refractivity contribution in [3.05, 3.63) is 105 Å². The molecule has 0 spiro atoms. The number of thioether (sulfide) groups is 1. The highest BCUT2D eigenvalue weighted by Gasteiger charge is 2.54. The molecule has 2 aromatic carbocycles. The quantitative estimate of drug-likeness (QED) is 0.198. The summed E-state index contributed by atoms with van der Waals surface area (Å²) in [6.07, 6.45) is -0.611. The van der Waals surface area contributed by atoms with Crippen LogP contribution in [0.25, 0.3) is 0 Å². The van der Waals surface area contributed by atoms with Gasteiger partial charge in [-0.3, -0.25) is 14.5 Å². The maximum atomic E-state index is 13.9. The molecule has 3 aromatic rings. The fraction of sp³-hybridized carbons (Fsp3) is 0.241. The van der Waals surface area contributed by atoms with Gasteiger partial charge < -0.3 is 14.8 Å². The van der Waals surface area contributed by atoms with Crippen molar-refractivity contribution < 1.29 is 28.7 Å². The summed E-state index contributed by atoms with van der Waals surface area (Å²) in [7, 11) is 0. The number of carbonyl (C=O) groups is 4. The molecule has 2 amide bonds. The Bertz CT molecular complexity index is 1410. The van der Waals surface area contributed by atoms with Gasteiger partial charge in [-0.1, -0.05) is 89.9 Å². The lowest BCUT2D eigenvalue weighted by Crippen LogP contribution is -2.70. The number of alkyl halides is 2. The molecule has 2 atom stereocenters. The van der Waals surface area contributed by atoms with E-state index in [2.05, 4.69) is 5.32 Å². The summed E-state index contributed by atoms with van der Waals surface area (Å²) in [6.45, 7) is -0.306. The molecule has 0 unspecified atom stereocenters. The number of esters is 2. The van der Waals surface area contributed by atoms with E-state index < -0.39 is 40.2 Å². The lowest BCUT2D eigenvalue weighted by atomic mass is 10.0. The second kappa shape index (κ2) is 13.1. The molecule has 0 aliphatic carbocycles. The van der Waals surface area contributed by atoms with Crippen LogP contribution < -0.4 is 5.32 Å². The van der Waals surface area contributed by atoms with Gasteiger partial charge in [0, 0.05) is 16.2 Å². The van der Waals surface area contributed by atoms with E-state index in [1.165, 1.54) is 28.0 Å². The predicted octanol–water partition coefficient (Wildman–Crippen LogP) is 4.62. The summed E-state index contributed by atoms with van der Waals surface area (Å²) < 4.78 is 11.3. The molecule has 8 nitrogen and oxygen atoms in total. The zero-order valence-corrected chi connectivity index (χ0v) is 24.6. The zero-order chi connectivity index (χ0) is 28.9. The Morgan fingerprint density at radius 2 is 1.63 bits per heavy atom. The van der Waals surface area contributed by atoms with Gasteiger partial charge >= 0.3 is 11.9 Å². The Labute approximate surface area is 254 Å². The second-order valence-electron chi connectivity index (χ2n) is 9.18. The highest BCUT2D eigenvalue weighted by Crippen LogP contribution is 2.41. The van der Waals surface area contributed by atoms with Crippen molar-refractivity contribution in [3.8, 4) is 0 Å². The smallest absolute Gasteiger partial charge is 0.356 e. The number of amides is 2. The molecule has 212 valence electrons. The fourth-order valence-corrected chi connectivity index (χ4v) is 6.70. The van der Waals surface area contributed by atoms with Gasteiger partial charge in [0.2, 0.25) is 10.7 Å². The van der Waals surface area contributed by atoms with Crippen LogP contribution in [0.4, 0.5) is 0 Å². The Balaban J connectivity index is 1.41. The van der Waals surface area contributed by atoms with Crippen LogP contribution in [0, 0.1) is 0 Å². The molecule has 2 aliphatic heterocycles. The number of hydrogen-bond acceptors (Lipinski definition) is 8. The van der Waals surface area contributed by atoms with Crippen LogP contribution in [0.2, 0.25) is 0 Å². The number of nitrogens with one attached hydrogen (secondary N) is 1. The van der Waals surface area contributed by atoms with E-state index in [0.717, 1.165) is 16.0 Å². The average molecular weight is 632 g/mol. The molecular weight excluding hydrogens is 607 g/mol. The lowest BCUT2D eigenvalue weighted by molar-refractivity contribution is -0.155. The number of fused-ring (bicyclic) bond motifs is 1. The van der Waals surface area contributed by atoms with E-state index in [-0.39, 0.29) is 30.4 Å². The molecule has 3 heterocycles. The van der Waals surface area contributed by atoms with Crippen molar-refractivity contribution in [2.45, 2.75) is 28.8 Å². The highest BCUT2D eigenvalue weighted by molar-refractivity contribution is 8.00. The first-order chi connectivity index (χ1) is 19.8. The Kier molecular flexibility index (Phi) is 9.34. The number of benzene rings is 2. The first-order valence-electron chi connectivity index (χ1n) is 12.6. The summed E-state index contributed by atoms with van der Waals surface area (Å²) >= 11 is 14.1. The molecular formula is C29H24Cl2N2O6S2. The minimum absolute atomic E-state index is 0.0205. The molecule has 2 aliphatic rings. The summed E-state index contributed by atoms with van der Waals surface area (Å²) in [5.74, 6) is -2.13. The fourth-order valence-electron chi connectivity index (χ4n) is 4.55. The molecule has 0 saturated carbocycles. The van der Waals surface area contributed by atoms with Crippen LogP contribution in [0.3, 0.4) is 0 Å². The van der Waals surface area contributed by atoms with Crippen molar-refractivity contribution in [1.82, 2.24) is 10.2 Å². The van der Waals surface area contributed by atoms with Gasteiger partial charge in [0.05, 0.1) is 6.42 Å². The summed E-state index contributed by atoms with van der Waals surface area (Å²) in [6, 6.07) is 21.3. The first kappa shape index (κ1) is 29.2. The van der Waals surface area contributed by atoms with Crippen molar-refractivity contribution in [3.63, 3.8) is 0 Å². The van der Waals surface area contributed by atoms with Gasteiger partial charge in [0.1, 0.15) is 23.7 Å². The number of hydrogen-bond donors (Lipinski definition) is 1. The maximum absolute atomic E-state index is 13.9. The van der Waals surface area contributed by atoms with Crippen LogP contribution in [0.15, 0.2) is 89.4 Å². The van der Waals surface area contributed by atoms with Crippen molar-refractivity contribution >= 4 is 70.1 Å². The number of thiophene rings is 1. The third-order valence-corrected chi connectivity index (χ3v) is 9.04. The zero-order valence-electron chi connectivity index (χ0n) is 21.4. The second-order valence-corrected chi connectivity index (χ2v) is 12.4. The molecule has 1 N–H and O–H groups in total. The standard InChI is InChI=1S/C29H24Cl2N2O6S2/c30-25(31)29(37)38-15-19-16-41-27-22(32-21(34)14-20-12-7-13-40-20)26(35)33(27)23(19)28(36)39-24(17-8-3-1-4-9-17)18-10-5-2-6-11-18/h1-13,22,24-25,27H,14-16H2,(H,32,34)/t22-,27-/m1/s1. The summed E-state index contributed by atoms with van der Waals surface area (Å²) in [5, 5.41) is 4.14.